The molecular weight excluding hydrogens is 568 g/mol. The summed E-state index contributed by atoms with van der Waals surface area (Å²) in [6.07, 6.45) is 0. The molecule has 5 aromatic rings. The molecule has 2 aliphatic rings. The Morgan fingerprint density at radius 3 is 1.49 bits per heavy atom. The van der Waals surface area contributed by atoms with Gasteiger partial charge in [-0.15, -0.1) is 0 Å². The molecule has 1 unspecified atom stereocenters. The van der Waals surface area contributed by atoms with E-state index in [1.54, 1.807) is 0 Å². The molecule has 1 atom stereocenters. The number of halogens is 1. The van der Waals surface area contributed by atoms with E-state index in [1.807, 2.05) is 54.6 Å². The van der Waals surface area contributed by atoms with Crippen molar-refractivity contribution in [3.05, 3.63) is 184 Å². The van der Waals surface area contributed by atoms with Crippen LogP contribution in [0.2, 0.25) is 0 Å². The number of para-hydroxylation sites is 1. The lowest BCUT2D eigenvalue weighted by molar-refractivity contribution is 0.866. The monoisotopic (exact) mass is 592 g/mol. The second-order valence-electron chi connectivity index (χ2n) is 9.80. The molecule has 0 spiro atoms. The average molecular weight is 594 g/mol. The molecular formula is C36H25BrN4. The number of hydrogen-bond donors (Lipinski definition) is 0. The first kappa shape index (κ1) is 25.1. The van der Waals surface area contributed by atoms with E-state index in [4.69, 9.17) is 15.0 Å². The van der Waals surface area contributed by atoms with Gasteiger partial charge in [0.2, 0.25) is 0 Å². The summed E-state index contributed by atoms with van der Waals surface area (Å²) < 4.78 is 0.973. The molecule has 0 aromatic heterocycles. The zero-order valence-electron chi connectivity index (χ0n) is 22.1. The predicted molar refractivity (Wildman–Crippen MR) is 172 cm³/mol. The fourth-order valence-electron chi connectivity index (χ4n) is 5.34. The largest absolute Gasteiger partial charge is 0.309 e. The standard InChI is InChI=1S/C36H25BrN4/c37-29-23-13-14-24-30(29)41-34(28-21-11-4-12-22-28)33(27-19-9-3-10-20-27)40-36(41)35-38-31(25-15-5-1-6-16-25)32(39-35)26-17-7-2-8-18-26/h1-24,34H. The maximum absolute atomic E-state index is 5.34. The Morgan fingerprint density at radius 2 is 0.951 bits per heavy atom. The third kappa shape index (κ3) is 4.75. The fraction of sp³-hybridized carbons (Fsp3) is 0.0278. The molecule has 2 aliphatic heterocycles. The van der Waals surface area contributed by atoms with E-state index in [1.165, 1.54) is 0 Å². The zero-order chi connectivity index (χ0) is 27.6. The highest BCUT2D eigenvalue weighted by molar-refractivity contribution is 9.10. The highest BCUT2D eigenvalue weighted by atomic mass is 79.9. The van der Waals surface area contributed by atoms with Gasteiger partial charge in [-0.1, -0.05) is 133 Å². The van der Waals surface area contributed by atoms with Gasteiger partial charge in [0.25, 0.3) is 0 Å². The molecule has 0 saturated carbocycles. The van der Waals surface area contributed by atoms with Crippen LogP contribution in [0, 0.1) is 0 Å². The Hall–Kier alpha value is -4.87. The summed E-state index contributed by atoms with van der Waals surface area (Å²) in [6.45, 7) is 0. The van der Waals surface area contributed by atoms with Crippen LogP contribution >= 0.6 is 15.9 Å². The molecule has 5 heteroatoms. The van der Waals surface area contributed by atoms with Crippen LogP contribution in [0.3, 0.4) is 0 Å². The van der Waals surface area contributed by atoms with Crippen molar-refractivity contribution in [1.29, 1.82) is 0 Å². The van der Waals surface area contributed by atoms with Crippen molar-refractivity contribution in [2.75, 3.05) is 4.90 Å². The summed E-state index contributed by atoms with van der Waals surface area (Å²) in [6, 6.07) is 49.5. The first-order valence-electron chi connectivity index (χ1n) is 13.5. The summed E-state index contributed by atoms with van der Waals surface area (Å²) in [5.41, 5.74) is 7.86. The predicted octanol–water partition coefficient (Wildman–Crippen LogP) is 8.62. The van der Waals surface area contributed by atoms with Gasteiger partial charge in [-0.3, -0.25) is 0 Å². The lowest BCUT2D eigenvalue weighted by Gasteiger charge is -2.29. The summed E-state index contributed by atoms with van der Waals surface area (Å²) in [5, 5.41) is 0. The zero-order valence-corrected chi connectivity index (χ0v) is 23.7. The molecule has 0 radical (unpaired) electrons. The van der Waals surface area contributed by atoms with Crippen molar-refractivity contribution < 1.29 is 0 Å². The minimum atomic E-state index is -0.175. The van der Waals surface area contributed by atoms with Crippen molar-refractivity contribution in [1.82, 2.24) is 0 Å². The van der Waals surface area contributed by atoms with Gasteiger partial charge in [0.05, 0.1) is 22.8 Å². The summed E-state index contributed by atoms with van der Waals surface area (Å²) in [7, 11) is 0. The van der Waals surface area contributed by atoms with E-state index in [-0.39, 0.29) is 6.04 Å². The van der Waals surface area contributed by atoms with Gasteiger partial charge in [-0.2, -0.15) is 0 Å². The van der Waals surface area contributed by atoms with Gasteiger partial charge in [0, 0.05) is 15.6 Å². The fourth-order valence-corrected chi connectivity index (χ4v) is 5.82. The number of benzene rings is 5. The summed E-state index contributed by atoms with van der Waals surface area (Å²) in [5.74, 6) is 1.30. The van der Waals surface area contributed by atoms with E-state index < -0.39 is 0 Å². The van der Waals surface area contributed by atoms with E-state index in [2.05, 4.69) is 112 Å². The van der Waals surface area contributed by atoms with Crippen LogP contribution < -0.4 is 4.90 Å². The molecule has 0 aliphatic carbocycles. The molecule has 0 amide bonds. The molecule has 5 aromatic carbocycles. The molecule has 0 saturated heterocycles. The van der Waals surface area contributed by atoms with Crippen molar-refractivity contribution in [3.8, 4) is 0 Å². The van der Waals surface area contributed by atoms with Crippen LogP contribution in [-0.2, 0) is 0 Å². The van der Waals surface area contributed by atoms with E-state index in [0.29, 0.717) is 11.6 Å². The normalized spacial score (nSPS) is 16.5. The summed E-state index contributed by atoms with van der Waals surface area (Å²) >= 11 is 3.83. The number of rotatable bonds is 5. The van der Waals surface area contributed by atoms with Crippen LogP contribution in [-0.4, -0.2) is 17.1 Å². The Kier molecular flexibility index (Phi) is 6.71. The number of nitrogens with zero attached hydrogens (tertiary/aromatic N) is 4. The minimum absolute atomic E-state index is 0.175. The second kappa shape index (κ2) is 11.0. The van der Waals surface area contributed by atoms with Gasteiger partial charge in [-0.05, 0) is 39.2 Å². The average Bonchev–Trinajstić information content (AvgIpc) is 3.66. The Labute approximate surface area is 247 Å². The van der Waals surface area contributed by atoms with Gasteiger partial charge >= 0.3 is 0 Å². The molecule has 0 fully saturated rings. The third-order valence-corrected chi connectivity index (χ3v) is 7.89. The molecule has 196 valence electrons. The molecule has 7 rings (SSSR count). The van der Waals surface area contributed by atoms with Crippen LogP contribution in [0.25, 0.3) is 0 Å². The Balaban J connectivity index is 1.51. The highest BCUT2D eigenvalue weighted by Crippen LogP contribution is 2.44. The van der Waals surface area contributed by atoms with Crippen molar-refractivity contribution >= 4 is 38.8 Å². The van der Waals surface area contributed by atoms with Crippen LogP contribution in [0.15, 0.2) is 177 Å². The second-order valence-corrected chi connectivity index (χ2v) is 10.7. The first-order valence-corrected chi connectivity index (χ1v) is 14.3. The maximum Gasteiger partial charge on any atom is 0.197 e. The van der Waals surface area contributed by atoms with E-state index in [9.17, 15) is 0 Å². The number of hydrogen-bond acceptors (Lipinski definition) is 4. The van der Waals surface area contributed by atoms with E-state index >= 15 is 0 Å². The van der Waals surface area contributed by atoms with Crippen molar-refractivity contribution in [2.45, 2.75) is 6.04 Å². The molecule has 0 N–H and O–H groups in total. The Bertz CT molecular complexity index is 1770. The van der Waals surface area contributed by atoms with Gasteiger partial charge < -0.3 is 4.90 Å². The van der Waals surface area contributed by atoms with Gasteiger partial charge in [0.15, 0.2) is 11.6 Å². The molecule has 0 bridgehead atoms. The van der Waals surface area contributed by atoms with Crippen molar-refractivity contribution in [2.24, 2.45) is 15.0 Å². The molecule has 4 nitrogen and oxygen atoms in total. The van der Waals surface area contributed by atoms with Crippen LogP contribution in [0.4, 0.5) is 5.69 Å². The molecule has 2 heterocycles. The maximum atomic E-state index is 5.34. The highest BCUT2D eigenvalue weighted by Gasteiger charge is 2.39. The Morgan fingerprint density at radius 1 is 0.488 bits per heavy atom. The molecule has 41 heavy (non-hydrogen) atoms. The van der Waals surface area contributed by atoms with Gasteiger partial charge in [0.1, 0.15) is 6.04 Å². The smallest absolute Gasteiger partial charge is 0.197 e. The topological polar surface area (TPSA) is 40.3 Å². The lowest BCUT2D eigenvalue weighted by atomic mass is 9.96. The summed E-state index contributed by atoms with van der Waals surface area (Å²) in [4.78, 5) is 18.0. The lowest BCUT2D eigenvalue weighted by Crippen LogP contribution is -2.28. The minimum Gasteiger partial charge on any atom is -0.309 e. The van der Waals surface area contributed by atoms with E-state index in [0.717, 1.165) is 49.5 Å². The van der Waals surface area contributed by atoms with Gasteiger partial charge in [-0.25, -0.2) is 15.0 Å². The van der Waals surface area contributed by atoms with Crippen LogP contribution in [0.5, 0.6) is 0 Å². The van der Waals surface area contributed by atoms with Crippen LogP contribution in [0.1, 0.15) is 28.3 Å². The quantitative estimate of drug-likeness (QED) is 0.201. The SMILES string of the molecule is Brc1ccccc1N1C(=C2N=C(c3ccccc3)C(c3ccccc3)=N2)N=C(c2ccccc2)C1c1ccccc1. The number of anilines is 1. The van der Waals surface area contributed by atoms with Crippen molar-refractivity contribution in [3.63, 3.8) is 0 Å². The number of aliphatic imine (C=N–C) groups is 3. The first-order chi connectivity index (χ1) is 20.3. The third-order valence-electron chi connectivity index (χ3n) is 7.22.